The molecular formula is C25H30N2O4. The number of aromatic hydroxyl groups is 1. The van der Waals surface area contributed by atoms with Gasteiger partial charge in [0.1, 0.15) is 11.5 Å². The van der Waals surface area contributed by atoms with Crippen LogP contribution in [0.25, 0.3) is 10.8 Å². The Hall–Kier alpha value is -2.96. The minimum absolute atomic E-state index is 0.107. The maximum atomic E-state index is 11.4. The summed E-state index contributed by atoms with van der Waals surface area (Å²) in [5, 5.41) is 13.0. The molecule has 0 aliphatic carbocycles. The summed E-state index contributed by atoms with van der Waals surface area (Å²) in [6, 6.07) is 15.7. The second-order valence-corrected chi connectivity index (χ2v) is 7.91. The van der Waals surface area contributed by atoms with Crippen LogP contribution < -0.4 is 14.2 Å². The van der Waals surface area contributed by atoms with Crippen molar-refractivity contribution in [3.63, 3.8) is 0 Å². The first-order chi connectivity index (χ1) is 15.1. The molecule has 1 aliphatic rings. The first-order valence-electron chi connectivity index (χ1n) is 10.5. The predicted molar refractivity (Wildman–Crippen MR) is 123 cm³/mol. The standard InChI is InChI=1S/C25H30N2O4/c1-26-12-14-27(15-13-26)24(17-8-11-22(30-3)23(16-17)31-4)20-10-9-18-19(25(20)28)6-5-7-21(18)29-2/h5-11,16,24,28H,12-15H2,1-4H3. The maximum Gasteiger partial charge on any atom is 0.161 e. The van der Waals surface area contributed by atoms with Crippen LogP contribution in [0.2, 0.25) is 0 Å². The highest BCUT2D eigenvalue weighted by molar-refractivity contribution is 5.94. The molecule has 1 aliphatic heterocycles. The molecule has 3 aromatic rings. The molecular weight excluding hydrogens is 392 g/mol. The Kier molecular flexibility index (Phi) is 6.20. The number of phenolic OH excluding ortho intramolecular Hbond substituents is 1. The van der Waals surface area contributed by atoms with Gasteiger partial charge in [-0.05, 0) is 30.8 Å². The number of nitrogens with zero attached hydrogens (tertiary/aromatic N) is 2. The Morgan fingerprint density at radius 2 is 1.48 bits per heavy atom. The second kappa shape index (κ2) is 9.04. The summed E-state index contributed by atoms with van der Waals surface area (Å²) in [5.41, 5.74) is 1.93. The van der Waals surface area contributed by atoms with Crippen LogP contribution in [0.4, 0.5) is 0 Å². The summed E-state index contributed by atoms with van der Waals surface area (Å²) < 4.78 is 16.5. The van der Waals surface area contributed by atoms with Gasteiger partial charge in [0.15, 0.2) is 11.5 Å². The van der Waals surface area contributed by atoms with Gasteiger partial charge in [-0.1, -0.05) is 30.3 Å². The zero-order valence-corrected chi connectivity index (χ0v) is 18.6. The Bertz CT molecular complexity index is 1060. The van der Waals surface area contributed by atoms with Gasteiger partial charge in [0.05, 0.1) is 27.4 Å². The van der Waals surface area contributed by atoms with E-state index in [2.05, 4.69) is 22.9 Å². The summed E-state index contributed by atoms with van der Waals surface area (Å²) in [7, 11) is 7.07. The number of fused-ring (bicyclic) bond motifs is 1. The molecule has 1 atom stereocenters. The lowest BCUT2D eigenvalue weighted by Gasteiger charge is -2.39. The maximum absolute atomic E-state index is 11.4. The van der Waals surface area contributed by atoms with E-state index in [1.165, 1.54) is 0 Å². The van der Waals surface area contributed by atoms with Gasteiger partial charge in [0.25, 0.3) is 0 Å². The Balaban J connectivity index is 1.86. The van der Waals surface area contributed by atoms with Crippen LogP contribution >= 0.6 is 0 Å². The number of phenols is 1. The van der Waals surface area contributed by atoms with Gasteiger partial charge < -0.3 is 24.2 Å². The molecule has 1 unspecified atom stereocenters. The third kappa shape index (κ3) is 4.01. The molecule has 6 heteroatoms. The third-order valence-corrected chi connectivity index (χ3v) is 6.17. The third-order valence-electron chi connectivity index (χ3n) is 6.17. The predicted octanol–water partition coefficient (Wildman–Crippen LogP) is 3.91. The molecule has 0 radical (unpaired) electrons. The van der Waals surface area contributed by atoms with Crippen molar-refractivity contribution in [2.45, 2.75) is 6.04 Å². The van der Waals surface area contributed by atoms with Gasteiger partial charge in [0.2, 0.25) is 0 Å². The number of ether oxygens (including phenoxy) is 3. The number of hydrogen-bond acceptors (Lipinski definition) is 6. The van der Waals surface area contributed by atoms with Crippen molar-refractivity contribution in [1.82, 2.24) is 9.80 Å². The van der Waals surface area contributed by atoms with E-state index >= 15 is 0 Å². The fourth-order valence-electron chi connectivity index (χ4n) is 4.42. The normalized spacial score (nSPS) is 16.3. The molecule has 4 rings (SSSR count). The van der Waals surface area contributed by atoms with E-state index in [4.69, 9.17) is 14.2 Å². The zero-order chi connectivity index (χ0) is 22.0. The van der Waals surface area contributed by atoms with Crippen LogP contribution in [0.15, 0.2) is 48.5 Å². The van der Waals surface area contributed by atoms with E-state index < -0.39 is 0 Å². The average molecular weight is 423 g/mol. The van der Waals surface area contributed by atoms with E-state index in [-0.39, 0.29) is 11.8 Å². The molecule has 0 saturated carbocycles. The Labute approximate surface area is 183 Å². The molecule has 1 fully saturated rings. The molecule has 6 nitrogen and oxygen atoms in total. The molecule has 31 heavy (non-hydrogen) atoms. The van der Waals surface area contributed by atoms with Crippen molar-refractivity contribution < 1.29 is 19.3 Å². The van der Waals surface area contributed by atoms with Crippen LogP contribution in [-0.4, -0.2) is 69.5 Å². The van der Waals surface area contributed by atoms with Crippen LogP contribution in [0.3, 0.4) is 0 Å². The number of likely N-dealkylation sites (N-methyl/N-ethyl adjacent to an activating group) is 1. The van der Waals surface area contributed by atoms with Gasteiger partial charge in [-0.15, -0.1) is 0 Å². The first kappa shape index (κ1) is 21.3. The molecule has 1 saturated heterocycles. The molecule has 164 valence electrons. The Morgan fingerprint density at radius 3 is 2.16 bits per heavy atom. The van der Waals surface area contributed by atoms with Crippen molar-refractivity contribution in [3.8, 4) is 23.0 Å². The van der Waals surface area contributed by atoms with E-state index in [1.54, 1.807) is 21.3 Å². The monoisotopic (exact) mass is 422 g/mol. The molecule has 0 aromatic heterocycles. The average Bonchev–Trinajstić information content (AvgIpc) is 2.81. The van der Waals surface area contributed by atoms with Gasteiger partial charge in [-0.3, -0.25) is 4.90 Å². The van der Waals surface area contributed by atoms with Gasteiger partial charge in [-0.2, -0.15) is 0 Å². The van der Waals surface area contributed by atoms with Crippen LogP contribution in [0, 0.1) is 0 Å². The summed E-state index contributed by atoms with van der Waals surface area (Å²) in [6.07, 6.45) is 0. The van der Waals surface area contributed by atoms with Crippen molar-refractivity contribution in [3.05, 3.63) is 59.7 Å². The van der Waals surface area contributed by atoms with Gasteiger partial charge in [0, 0.05) is 42.5 Å². The quantitative estimate of drug-likeness (QED) is 0.650. The number of hydrogen-bond donors (Lipinski definition) is 1. The number of piperazine rings is 1. The van der Waals surface area contributed by atoms with E-state index in [0.717, 1.165) is 53.8 Å². The van der Waals surface area contributed by atoms with Crippen molar-refractivity contribution in [2.24, 2.45) is 0 Å². The number of benzene rings is 3. The van der Waals surface area contributed by atoms with Crippen molar-refractivity contribution >= 4 is 10.8 Å². The Morgan fingerprint density at radius 1 is 0.774 bits per heavy atom. The molecule has 3 aromatic carbocycles. The van der Waals surface area contributed by atoms with E-state index in [1.807, 2.05) is 42.5 Å². The zero-order valence-electron chi connectivity index (χ0n) is 18.6. The molecule has 1 N–H and O–H groups in total. The number of methoxy groups -OCH3 is 3. The topological polar surface area (TPSA) is 54.4 Å². The van der Waals surface area contributed by atoms with Crippen LogP contribution in [0.5, 0.6) is 23.0 Å². The fraction of sp³-hybridized carbons (Fsp3) is 0.360. The smallest absolute Gasteiger partial charge is 0.161 e. The minimum Gasteiger partial charge on any atom is -0.507 e. The second-order valence-electron chi connectivity index (χ2n) is 7.91. The molecule has 0 bridgehead atoms. The van der Waals surface area contributed by atoms with E-state index in [0.29, 0.717) is 11.5 Å². The highest BCUT2D eigenvalue weighted by Crippen LogP contribution is 2.42. The van der Waals surface area contributed by atoms with Crippen molar-refractivity contribution in [2.75, 3.05) is 54.6 Å². The van der Waals surface area contributed by atoms with Crippen molar-refractivity contribution in [1.29, 1.82) is 0 Å². The summed E-state index contributed by atoms with van der Waals surface area (Å²) in [5.74, 6) is 2.41. The molecule has 0 amide bonds. The molecule has 0 spiro atoms. The first-order valence-corrected chi connectivity index (χ1v) is 10.5. The lowest BCUT2D eigenvalue weighted by molar-refractivity contribution is 0.126. The van der Waals surface area contributed by atoms with Crippen LogP contribution in [0.1, 0.15) is 17.2 Å². The highest BCUT2D eigenvalue weighted by Gasteiger charge is 2.29. The summed E-state index contributed by atoms with van der Waals surface area (Å²) in [6.45, 7) is 3.77. The largest absolute Gasteiger partial charge is 0.507 e. The molecule has 1 heterocycles. The minimum atomic E-state index is -0.107. The summed E-state index contributed by atoms with van der Waals surface area (Å²) in [4.78, 5) is 4.75. The lowest BCUT2D eigenvalue weighted by atomic mass is 9.92. The van der Waals surface area contributed by atoms with Gasteiger partial charge in [-0.25, -0.2) is 0 Å². The van der Waals surface area contributed by atoms with Crippen LogP contribution in [-0.2, 0) is 0 Å². The summed E-state index contributed by atoms with van der Waals surface area (Å²) >= 11 is 0. The SMILES string of the molecule is COc1ccc(C(c2ccc3c(OC)cccc3c2O)N2CCN(C)CC2)cc1OC. The fourth-order valence-corrected chi connectivity index (χ4v) is 4.42. The lowest BCUT2D eigenvalue weighted by Crippen LogP contribution is -2.46. The van der Waals surface area contributed by atoms with E-state index in [9.17, 15) is 5.11 Å². The number of rotatable bonds is 6. The van der Waals surface area contributed by atoms with Gasteiger partial charge >= 0.3 is 0 Å². The highest BCUT2D eigenvalue weighted by atomic mass is 16.5.